The standard InChI is InChI=1S/C8H7NO2S/c1-8(5-9,7(10)11)6-3-2-4-12-6/h2-4H,1H3,(H,10,11). The summed E-state index contributed by atoms with van der Waals surface area (Å²) in [6, 6.07) is 5.18. The van der Waals surface area contributed by atoms with E-state index in [1.54, 1.807) is 23.6 Å². The van der Waals surface area contributed by atoms with Crippen molar-refractivity contribution in [2.24, 2.45) is 0 Å². The Morgan fingerprint density at radius 3 is 2.83 bits per heavy atom. The first-order chi connectivity index (χ1) is 5.61. The summed E-state index contributed by atoms with van der Waals surface area (Å²) in [7, 11) is 0. The molecule has 1 atom stereocenters. The molecule has 0 radical (unpaired) electrons. The van der Waals surface area contributed by atoms with Gasteiger partial charge >= 0.3 is 5.97 Å². The highest BCUT2D eigenvalue weighted by Crippen LogP contribution is 2.27. The van der Waals surface area contributed by atoms with E-state index in [0.29, 0.717) is 4.88 Å². The molecule has 3 nitrogen and oxygen atoms in total. The number of carboxylic acid groups (broad SMARTS) is 1. The first kappa shape index (κ1) is 8.75. The van der Waals surface area contributed by atoms with Crippen LogP contribution >= 0.6 is 11.3 Å². The number of hydrogen-bond acceptors (Lipinski definition) is 3. The van der Waals surface area contributed by atoms with Crippen LogP contribution in [0.25, 0.3) is 0 Å². The molecule has 1 aromatic rings. The van der Waals surface area contributed by atoms with Gasteiger partial charge in [0.05, 0.1) is 6.07 Å². The second-order valence-electron chi connectivity index (χ2n) is 2.52. The molecule has 0 aliphatic rings. The quantitative estimate of drug-likeness (QED) is 0.754. The first-order valence-corrected chi connectivity index (χ1v) is 4.18. The van der Waals surface area contributed by atoms with Gasteiger partial charge in [-0.25, -0.2) is 0 Å². The molecule has 0 spiro atoms. The van der Waals surface area contributed by atoms with Crippen molar-refractivity contribution in [1.29, 1.82) is 5.26 Å². The maximum absolute atomic E-state index is 10.7. The summed E-state index contributed by atoms with van der Waals surface area (Å²) in [6.45, 7) is 1.40. The highest BCUT2D eigenvalue weighted by Gasteiger charge is 2.36. The van der Waals surface area contributed by atoms with Crippen molar-refractivity contribution in [1.82, 2.24) is 0 Å². The van der Waals surface area contributed by atoms with E-state index in [9.17, 15) is 4.79 Å². The third-order valence-corrected chi connectivity index (χ3v) is 2.76. The van der Waals surface area contributed by atoms with Crippen LogP contribution in [0, 0.1) is 11.3 Å². The minimum Gasteiger partial charge on any atom is -0.480 e. The maximum atomic E-state index is 10.7. The molecule has 1 rings (SSSR count). The Labute approximate surface area is 73.9 Å². The lowest BCUT2D eigenvalue weighted by molar-refractivity contribution is -0.140. The van der Waals surface area contributed by atoms with Crippen molar-refractivity contribution in [2.75, 3.05) is 0 Å². The molecular formula is C8H7NO2S. The highest BCUT2D eigenvalue weighted by molar-refractivity contribution is 7.10. The van der Waals surface area contributed by atoms with Crippen LogP contribution in [0.2, 0.25) is 0 Å². The molecule has 0 aliphatic carbocycles. The van der Waals surface area contributed by atoms with E-state index in [1.807, 2.05) is 0 Å². The Balaban J connectivity index is 3.15. The molecule has 0 aromatic carbocycles. The van der Waals surface area contributed by atoms with Gasteiger partial charge in [-0.15, -0.1) is 11.3 Å². The van der Waals surface area contributed by atoms with Crippen molar-refractivity contribution in [3.05, 3.63) is 22.4 Å². The van der Waals surface area contributed by atoms with Crippen molar-refractivity contribution >= 4 is 17.3 Å². The molecule has 62 valence electrons. The SMILES string of the molecule is CC(C#N)(C(=O)O)c1cccs1. The van der Waals surface area contributed by atoms with Crippen molar-refractivity contribution in [2.45, 2.75) is 12.3 Å². The fourth-order valence-corrected chi connectivity index (χ4v) is 1.60. The van der Waals surface area contributed by atoms with Gasteiger partial charge in [-0.1, -0.05) is 6.07 Å². The van der Waals surface area contributed by atoms with Crippen molar-refractivity contribution in [3.63, 3.8) is 0 Å². The molecule has 0 aliphatic heterocycles. The van der Waals surface area contributed by atoms with Crippen LogP contribution in [0.3, 0.4) is 0 Å². The molecule has 1 aromatic heterocycles. The molecule has 12 heavy (non-hydrogen) atoms. The molecule has 0 bridgehead atoms. The minimum absolute atomic E-state index is 0.567. The lowest BCUT2D eigenvalue weighted by Crippen LogP contribution is -2.29. The zero-order valence-corrected chi connectivity index (χ0v) is 7.26. The van der Waals surface area contributed by atoms with Gasteiger partial charge in [-0.2, -0.15) is 5.26 Å². The number of carbonyl (C=O) groups is 1. The lowest BCUT2D eigenvalue weighted by atomic mass is 9.91. The van der Waals surface area contributed by atoms with Crippen molar-refractivity contribution in [3.8, 4) is 6.07 Å². The average Bonchev–Trinajstić information content (AvgIpc) is 2.54. The smallest absolute Gasteiger partial charge is 0.329 e. The Morgan fingerprint density at radius 1 is 1.83 bits per heavy atom. The summed E-state index contributed by atoms with van der Waals surface area (Å²) >= 11 is 1.28. The third-order valence-electron chi connectivity index (χ3n) is 1.67. The molecule has 1 unspecified atom stereocenters. The summed E-state index contributed by atoms with van der Waals surface area (Å²) in [4.78, 5) is 11.3. The zero-order valence-electron chi connectivity index (χ0n) is 6.44. The summed E-state index contributed by atoms with van der Waals surface area (Å²) < 4.78 is 0. The van der Waals surface area contributed by atoms with E-state index in [4.69, 9.17) is 10.4 Å². The Bertz CT molecular complexity index is 325. The van der Waals surface area contributed by atoms with Crippen LogP contribution < -0.4 is 0 Å². The topological polar surface area (TPSA) is 61.1 Å². The molecule has 1 heterocycles. The number of nitrogens with zero attached hydrogens (tertiary/aromatic N) is 1. The van der Waals surface area contributed by atoms with Crippen molar-refractivity contribution < 1.29 is 9.90 Å². The number of thiophene rings is 1. The van der Waals surface area contributed by atoms with Gasteiger partial charge in [0.2, 0.25) is 0 Å². The van der Waals surface area contributed by atoms with Gasteiger partial charge in [0.15, 0.2) is 5.41 Å². The largest absolute Gasteiger partial charge is 0.480 e. The molecule has 0 amide bonds. The van der Waals surface area contributed by atoms with Crippen LogP contribution in [-0.2, 0) is 10.2 Å². The van der Waals surface area contributed by atoms with Crippen LogP contribution in [-0.4, -0.2) is 11.1 Å². The molecule has 0 saturated heterocycles. The minimum atomic E-state index is -1.39. The maximum Gasteiger partial charge on any atom is 0.329 e. The van der Waals surface area contributed by atoms with E-state index in [0.717, 1.165) is 0 Å². The Kier molecular flexibility index (Phi) is 2.15. The predicted octanol–water partition coefficient (Wildman–Crippen LogP) is 1.61. The van der Waals surface area contributed by atoms with Gasteiger partial charge in [-0.05, 0) is 18.4 Å². The fourth-order valence-electron chi connectivity index (χ4n) is 0.771. The molecular weight excluding hydrogens is 174 g/mol. The van der Waals surface area contributed by atoms with Crippen LogP contribution in [0.15, 0.2) is 17.5 Å². The number of hydrogen-bond donors (Lipinski definition) is 1. The van der Waals surface area contributed by atoms with Crippen LogP contribution in [0.1, 0.15) is 11.8 Å². The van der Waals surface area contributed by atoms with E-state index < -0.39 is 11.4 Å². The highest BCUT2D eigenvalue weighted by atomic mass is 32.1. The summed E-state index contributed by atoms with van der Waals surface area (Å²) in [5, 5.41) is 19.2. The number of aliphatic carboxylic acids is 1. The van der Waals surface area contributed by atoms with Gasteiger partial charge < -0.3 is 5.11 Å². The van der Waals surface area contributed by atoms with E-state index in [-0.39, 0.29) is 0 Å². The fraction of sp³-hybridized carbons (Fsp3) is 0.250. The molecule has 1 N–H and O–H groups in total. The van der Waals surface area contributed by atoms with Crippen LogP contribution in [0.5, 0.6) is 0 Å². The van der Waals surface area contributed by atoms with E-state index in [1.165, 1.54) is 18.3 Å². The molecule has 4 heteroatoms. The number of nitriles is 1. The van der Waals surface area contributed by atoms with Gasteiger partial charge in [0.1, 0.15) is 0 Å². The zero-order chi connectivity index (χ0) is 9.19. The second kappa shape index (κ2) is 2.95. The average molecular weight is 181 g/mol. The second-order valence-corrected chi connectivity index (χ2v) is 3.47. The van der Waals surface area contributed by atoms with Gasteiger partial charge in [0.25, 0.3) is 0 Å². The van der Waals surface area contributed by atoms with Gasteiger partial charge in [0, 0.05) is 4.88 Å². The first-order valence-electron chi connectivity index (χ1n) is 3.30. The Hall–Kier alpha value is -1.34. The summed E-state index contributed by atoms with van der Waals surface area (Å²) in [6.07, 6.45) is 0. The lowest BCUT2D eigenvalue weighted by Gasteiger charge is -2.12. The third kappa shape index (κ3) is 1.19. The summed E-state index contributed by atoms with van der Waals surface area (Å²) in [5.74, 6) is -1.10. The van der Waals surface area contributed by atoms with E-state index >= 15 is 0 Å². The van der Waals surface area contributed by atoms with Gasteiger partial charge in [-0.3, -0.25) is 4.79 Å². The van der Waals surface area contributed by atoms with E-state index in [2.05, 4.69) is 0 Å². The van der Waals surface area contributed by atoms with Crippen LogP contribution in [0.4, 0.5) is 0 Å². The predicted molar refractivity (Wildman–Crippen MR) is 44.9 cm³/mol. The number of rotatable bonds is 2. The Morgan fingerprint density at radius 2 is 2.50 bits per heavy atom. The monoisotopic (exact) mass is 181 g/mol. The number of carboxylic acids is 1. The molecule has 0 saturated carbocycles. The normalized spacial score (nSPS) is 14.7. The summed E-state index contributed by atoms with van der Waals surface area (Å²) in [5.41, 5.74) is -1.39. The molecule has 0 fully saturated rings.